The van der Waals surface area contributed by atoms with E-state index in [2.05, 4.69) is 4.18 Å². The molecule has 0 fully saturated rings. The Morgan fingerprint density at radius 1 is 1.55 bits per heavy atom. The molecule has 1 aliphatic rings. The summed E-state index contributed by atoms with van der Waals surface area (Å²) >= 11 is 0. The van der Waals surface area contributed by atoms with E-state index in [0.717, 1.165) is 6.08 Å². The number of allylic oxidation sites excluding steroid dienone is 1. The van der Waals surface area contributed by atoms with E-state index in [1.54, 1.807) is 4.72 Å². The van der Waals surface area contributed by atoms with E-state index in [-0.39, 0.29) is 43.5 Å². The summed E-state index contributed by atoms with van der Waals surface area (Å²) in [5.74, 6) is -0.604. The number of carbonyl (C=O) groups excluding carboxylic acids is 1. The number of hydrogen-bond acceptors (Lipinski definition) is 4. The first-order chi connectivity index (χ1) is 4.49. The van der Waals surface area contributed by atoms with Gasteiger partial charge in [-0.2, -0.15) is 8.42 Å². The molecule has 5 nitrogen and oxygen atoms in total. The van der Waals surface area contributed by atoms with Crippen molar-refractivity contribution in [1.82, 2.24) is 4.72 Å². The molecule has 0 aliphatic carbocycles. The Morgan fingerprint density at radius 2 is 2.09 bits per heavy atom. The molecule has 1 aliphatic heterocycles. The van der Waals surface area contributed by atoms with Crippen molar-refractivity contribution in [1.29, 1.82) is 0 Å². The zero-order valence-electron chi connectivity index (χ0n) is 5.12. The predicted octanol–water partition coefficient (Wildman–Crippen LogP) is -1.63. The van der Waals surface area contributed by atoms with Crippen molar-refractivity contribution in [3.8, 4) is 0 Å². The third kappa shape index (κ3) is 3.41. The van der Waals surface area contributed by atoms with Crippen LogP contribution < -0.4 is 4.72 Å². The maximum atomic E-state index is 10.5. The standard InChI is InChI=1S/C4H5NO4S.Ca.2H/c1-3-2-4(6)5-10(7,8)9-3;;;/h2H,1H3,(H,5,6);;;. The van der Waals surface area contributed by atoms with Crippen LogP contribution in [0.15, 0.2) is 11.8 Å². The molecule has 60 valence electrons. The topological polar surface area (TPSA) is 72.5 Å². The van der Waals surface area contributed by atoms with Gasteiger partial charge >= 0.3 is 48.0 Å². The fourth-order valence-corrected chi connectivity index (χ4v) is 1.30. The predicted molar refractivity (Wildman–Crippen MR) is 40.4 cm³/mol. The van der Waals surface area contributed by atoms with Crippen molar-refractivity contribution in [2.75, 3.05) is 0 Å². The van der Waals surface area contributed by atoms with Gasteiger partial charge in [0, 0.05) is 6.08 Å². The van der Waals surface area contributed by atoms with Gasteiger partial charge < -0.3 is 4.18 Å². The Morgan fingerprint density at radius 3 is 2.45 bits per heavy atom. The molecule has 0 aromatic rings. The van der Waals surface area contributed by atoms with Crippen LogP contribution in [0.2, 0.25) is 0 Å². The van der Waals surface area contributed by atoms with Gasteiger partial charge in [-0.25, -0.2) is 4.72 Å². The van der Waals surface area contributed by atoms with Gasteiger partial charge in [0.05, 0.1) is 0 Å². The molecule has 0 radical (unpaired) electrons. The van der Waals surface area contributed by atoms with Gasteiger partial charge in [0.15, 0.2) is 0 Å². The van der Waals surface area contributed by atoms with Crippen molar-refractivity contribution in [3.05, 3.63) is 11.8 Å². The van der Waals surface area contributed by atoms with E-state index in [9.17, 15) is 13.2 Å². The summed E-state index contributed by atoms with van der Waals surface area (Å²) in [5.41, 5.74) is 0. The summed E-state index contributed by atoms with van der Waals surface area (Å²) in [5, 5.41) is 0. The number of carbonyl (C=O) groups is 1. The van der Waals surface area contributed by atoms with Crippen LogP contribution in [0.25, 0.3) is 0 Å². The SMILES string of the molecule is CC1=CC(=O)NS(=O)(=O)O1.[CaH2]. The van der Waals surface area contributed by atoms with Crippen molar-refractivity contribution in [2.24, 2.45) is 0 Å². The molecule has 1 amide bonds. The summed E-state index contributed by atoms with van der Waals surface area (Å²) < 4.78 is 26.8. The van der Waals surface area contributed by atoms with Crippen LogP contribution in [0, 0.1) is 0 Å². The Labute approximate surface area is 94.0 Å². The molecule has 0 spiro atoms. The second-order valence-electron chi connectivity index (χ2n) is 1.76. The van der Waals surface area contributed by atoms with E-state index in [1.807, 2.05) is 0 Å². The van der Waals surface area contributed by atoms with Gasteiger partial charge in [-0.1, -0.05) is 0 Å². The van der Waals surface area contributed by atoms with Crippen LogP contribution in [-0.2, 0) is 19.3 Å². The van der Waals surface area contributed by atoms with Crippen molar-refractivity contribution in [3.63, 3.8) is 0 Å². The molecule has 11 heavy (non-hydrogen) atoms. The summed E-state index contributed by atoms with van der Waals surface area (Å²) in [4.78, 5) is 10.4. The van der Waals surface area contributed by atoms with Gasteiger partial charge in [-0.05, 0) is 6.92 Å². The minimum absolute atomic E-state index is 0. The molecule has 0 aromatic carbocycles. The molecular weight excluding hydrogens is 198 g/mol. The second kappa shape index (κ2) is 3.75. The van der Waals surface area contributed by atoms with E-state index >= 15 is 0 Å². The molecule has 1 rings (SSSR count). The zero-order valence-corrected chi connectivity index (χ0v) is 5.94. The fraction of sp³-hybridized carbons (Fsp3) is 0.250. The molecule has 0 unspecified atom stereocenters. The molecule has 0 saturated heterocycles. The third-order valence-electron chi connectivity index (χ3n) is 0.801. The molecule has 1 N–H and O–H groups in total. The van der Waals surface area contributed by atoms with E-state index in [4.69, 9.17) is 0 Å². The Bertz CT molecular complexity index is 293. The van der Waals surface area contributed by atoms with Crippen molar-refractivity contribution >= 4 is 53.9 Å². The van der Waals surface area contributed by atoms with Crippen molar-refractivity contribution in [2.45, 2.75) is 6.92 Å². The van der Waals surface area contributed by atoms with Crippen molar-refractivity contribution < 1.29 is 17.4 Å². The Hall–Kier alpha value is 0.220. The van der Waals surface area contributed by atoms with E-state index < -0.39 is 16.2 Å². The molecule has 1 heterocycles. The first kappa shape index (κ1) is 11.2. The molecular formula is C4H7CaNO4S. The van der Waals surface area contributed by atoms with Crippen LogP contribution >= 0.6 is 0 Å². The van der Waals surface area contributed by atoms with Crippen LogP contribution in [0.1, 0.15) is 6.92 Å². The zero-order chi connectivity index (χ0) is 7.78. The monoisotopic (exact) mass is 205 g/mol. The minimum atomic E-state index is -3.85. The number of nitrogens with one attached hydrogen (secondary N) is 1. The number of rotatable bonds is 0. The maximum absolute atomic E-state index is 10.5. The van der Waals surface area contributed by atoms with Crippen LogP contribution in [0.4, 0.5) is 0 Å². The summed E-state index contributed by atoms with van der Waals surface area (Å²) in [6.45, 7) is 1.39. The molecule has 0 aromatic heterocycles. The summed E-state index contributed by atoms with van der Waals surface area (Å²) in [6.07, 6.45) is 1.06. The van der Waals surface area contributed by atoms with Gasteiger partial charge in [-0.3, -0.25) is 4.79 Å². The van der Waals surface area contributed by atoms with Gasteiger partial charge in [-0.15, -0.1) is 0 Å². The molecule has 7 heteroatoms. The van der Waals surface area contributed by atoms with E-state index in [1.165, 1.54) is 6.92 Å². The van der Waals surface area contributed by atoms with Crippen LogP contribution in [0.3, 0.4) is 0 Å². The number of amides is 1. The van der Waals surface area contributed by atoms with Gasteiger partial charge in [0.2, 0.25) is 0 Å². The first-order valence-electron chi connectivity index (χ1n) is 2.44. The van der Waals surface area contributed by atoms with Crippen LogP contribution in [0.5, 0.6) is 0 Å². The first-order valence-corrected chi connectivity index (χ1v) is 3.85. The van der Waals surface area contributed by atoms with Gasteiger partial charge in [0.1, 0.15) is 5.76 Å². The summed E-state index contributed by atoms with van der Waals surface area (Å²) in [7, 11) is -3.85. The average Bonchev–Trinajstić information content (AvgIpc) is 1.54. The second-order valence-corrected chi connectivity index (χ2v) is 3.04. The van der Waals surface area contributed by atoms with E-state index in [0.29, 0.717) is 0 Å². The molecule has 0 bridgehead atoms. The Kier molecular flexibility index (Phi) is 3.83. The number of hydrogen-bond donors (Lipinski definition) is 1. The van der Waals surface area contributed by atoms with Crippen LogP contribution in [-0.4, -0.2) is 52.1 Å². The normalized spacial score (nSPS) is 20.5. The van der Waals surface area contributed by atoms with Gasteiger partial charge in [0.25, 0.3) is 5.91 Å². The Balaban J connectivity index is 0.000001000. The fourth-order valence-electron chi connectivity index (χ4n) is 0.555. The average molecular weight is 205 g/mol. The third-order valence-corrected chi connectivity index (χ3v) is 1.73. The summed E-state index contributed by atoms with van der Waals surface area (Å²) in [6, 6.07) is 0. The molecule has 0 saturated carbocycles. The molecule has 0 atom stereocenters. The quantitative estimate of drug-likeness (QED) is 0.482.